The van der Waals surface area contributed by atoms with Crippen molar-refractivity contribution in [2.75, 3.05) is 12.4 Å². The Bertz CT molecular complexity index is 999. The molecule has 5 nitrogen and oxygen atoms in total. The molecule has 4 rings (SSSR count). The molecule has 1 amide bonds. The van der Waals surface area contributed by atoms with Gasteiger partial charge in [0.1, 0.15) is 11.6 Å². The third-order valence-electron chi connectivity index (χ3n) is 5.02. The number of ether oxygens (including phenoxy) is 1. The molecule has 1 aliphatic carbocycles. The summed E-state index contributed by atoms with van der Waals surface area (Å²) in [5, 5.41) is 7.87. The van der Waals surface area contributed by atoms with E-state index in [2.05, 4.69) is 21.2 Å². The number of anilines is 1. The smallest absolute Gasteiger partial charge is 0.225 e. The van der Waals surface area contributed by atoms with Gasteiger partial charge in [-0.25, -0.2) is 4.68 Å². The van der Waals surface area contributed by atoms with Crippen LogP contribution in [0.15, 0.2) is 53.0 Å². The normalized spacial score (nSPS) is 12.6. The summed E-state index contributed by atoms with van der Waals surface area (Å²) in [5.74, 6) is 1.61. The van der Waals surface area contributed by atoms with E-state index < -0.39 is 0 Å². The summed E-state index contributed by atoms with van der Waals surface area (Å²) in [6.07, 6.45) is 4.10. The van der Waals surface area contributed by atoms with Gasteiger partial charge in [-0.05, 0) is 71.4 Å². The second-order valence-electron chi connectivity index (χ2n) is 6.89. The first-order valence-corrected chi connectivity index (χ1v) is 10.2. The Morgan fingerprint density at radius 1 is 1.21 bits per heavy atom. The monoisotopic (exact) mass is 439 g/mol. The average molecular weight is 440 g/mol. The van der Waals surface area contributed by atoms with E-state index in [0.717, 1.165) is 52.2 Å². The van der Waals surface area contributed by atoms with Crippen LogP contribution in [-0.4, -0.2) is 22.8 Å². The number of hydrogen-bond donors (Lipinski definition) is 1. The molecule has 2 aromatic carbocycles. The summed E-state index contributed by atoms with van der Waals surface area (Å²) in [6, 6.07) is 15.9. The van der Waals surface area contributed by atoms with Gasteiger partial charge in [-0.3, -0.25) is 4.79 Å². The van der Waals surface area contributed by atoms with Crippen molar-refractivity contribution < 1.29 is 9.53 Å². The van der Waals surface area contributed by atoms with Crippen LogP contribution in [0.25, 0.3) is 5.69 Å². The van der Waals surface area contributed by atoms with E-state index in [-0.39, 0.29) is 5.91 Å². The van der Waals surface area contributed by atoms with Gasteiger partial charge in [0.15, 0.2) is 0 Å². The summed E-state index contributed by atoms with van der Waals surface area (Å²) in [5.41, 5.74) is 4.32. The van der Waals surface area contributed by atoms with Crippen molar-refractivity contribution in [1.29, 1.82) is 0 Å². The Morgan fingerprint density at radius 3 is 2.79 bits per heavy atom. The highest BCUT2D eigenvalue weighted by molar-refractivity contribution is 9.10. The fourth-order valence-corrected chi connectivity index (χ4v) is 4.18. The number of amides is 1. The van der Waals surface area contributed by atoms with Crippen LogP contribution in [0.2, 0.25) is 0 Å². The zero-order chi connectivity index (χ0) is 19.5. The van der Waals surface area contributed by atoms with Crippen molar-refractivity contribution in [3.8, 4) is 11.4 Å². The van der Waals surface area contributed by atoms with Crippen LogP contribution in [0, 0.1) is 0 Å². The van der Waals surface area contributed by atoms with Crippen LogP contribution in [0.4, 0.5) is 5.82 Å². The van der Waals surface area contributed by atoms with Crippen LogP contribution >= 0.6 is 15.9 Å². The standard InChI is InChI=1S/C22H22BrN3O2/c1-28-20-12-10-15(14-18(20)23)11-13-21(27)24-22-17-8-5-9-19(17)25-26(22)16-6-3-2-4-7-16/h2-4,6-7,10,12,14H,5,8-9,11,13H2,1H3,(H,24,27). The lowest BCUT2D eigenvalue weighted by atomic mass is 10.1. The molecule has 0 fully saturated rings. The molecular formula is C22H22BrN3O2. The van der Waals surface area contributed by atoms with Crippen LogP contribution in [0.1, 0.15) is 29.7 Å². The molecule has 0 saturated carbocycles. The largest absolute Gasteiger partial charge is 0.496 e. The maximum absolute atomic E-state index is 12.7. The minimum absolute atomic E-state index is 0.00118. The molecular weight excluding hydrogens is 418 g/mol. The number of rotatable bonds is 6. The number of hydrogen-bond acceptors (Lipinski definition) is 3. The quantitative estimate of drug-likeness (QED) is 0.605. The third kappa shape index (κ3) is 3.83. The highest BCUT2D eigenvalue weighted by Gasteiger charge is 2.24. The molecule has 3 aromatic rings. The lowest BCUT2D eigenvalue weighted by Crippen LogP contribution is -2.16. The Hall–Kier alpha value is -2.60. The predicted molar refractivity (Wildman–Crippen MR) is 113 cm³/mol. The van der Waals surface area contributed by atoms with Gasteiger partial charge in [-0.1, -0.05) is 24.3 Å². The van der Waals surface area contributed by atoms with Gasteiger partial charge in [0.25, 0.3) is 0 Å². The fourth-order valence-electron chi connectivity index (χ4n) is 3.59. The Labute approximate surface area is 172 Å². The van der Waals surface area contributed by atoms with E-state index in [4.69, 9.17) is 9.84 Å². The van der Waals surface area contributed by atoms with E-state index in [0.29, 0.717) is 12.8 Å². The molecule has 6 heteroatoms. The molecule has 0 bridgehead atoms. The summed E-state index contributed by atoms with van der Waals surface area (Å²) >= 11 is 3.49. The zero-order valence-electron chi connectivity index (χ0n) is 15.7. The van der Waals surface area contributed by atoms with Crippen molar-refractivity contribution in [1.82, 2.24) is 9.78 Å². The van der Waals surface area contributed by atoms with Gasteiger partial charge in [0, 0.05) is 12.0 Å². The lowest BCUT2D eigenvalue weighted by molar-refractivity contribution is -0.116. The van der Waals surface area contributed by atoms with Crippen molar-refractivity contribution in [2.24, 2.45) is 0 Å². The molecule has 28 heavy (non-hydrogen) atoms. The minimum Gasteiger partial charge on any atom is -0.496 e. The fraction of sp³-hybridized carbons (Fsp3) is 0.273. The first-order chi connectivity index (χ1) is 13.7. The second kappa shape index (κ2) is 8.19. The molecule has 0 saturated heterocycles. The van der Waals surface area contributed by atoms with Gasteiger partial charge in [0.2, 0.25) is 5.91 Å². The number of benzene rings is 2. The summed E-state index contributed by atoms with van der Waals surface area (Å²) in [7, 11) is 1.64. The molecule has 144 valence electrons. The maximum atomic E-state index is 12.7. The number of halogens is 1. The number of carbonyl (C=O) groups excluding carboxylic acids is 1. The molecule has 0 unspecified atom stereocenters. The first kappa shape index (κ1) is 18.7. The zero-order valence-corrected chi connectivity index (χ0v) is 17.3. The molecule has 1 N–H and O–H groups in total. The Kier molecular flexibility index (Phi) is 5.48. The molecule has 1 aliphatic rings. The first-order valence-electron chi connectivity index (χ1n) is 9.44. The number of aryl methyl sites for hydroxylation is 2. The number of fused-ring (bicyclic) bond motifs is 1. The number of aromatic nitrogens is 2. The van der Waals surface area contributed by atoms with Gasteiger partial charge in [0.05, 0.1) is 23.0 Å². The summed E-state index contributed by atoms with van der Waals surface area (Å²) in [4.78, 5) is 12.7. The number of nitrogens with zero attached hydrogens (tertiary/aromatic N) is 2. The van der Waals surface area contributed by atoms with E-state index in [1.54, 1.807) is 7.11 Å². The predicted octanol–water partition coefficient (Wildman–Crippen LogP) is 4.70. The van der Waals surface area contributed by atoms with Crippen LogP contribution < -0.4 is 10.1 Å². The molecule has 0 radical (unpaired) electrons. The van der Waals surface area contributed by atoms with E-state index in [1.165, 1.54) is 5.56 Å². The number of nitrogens with one attached hydrogen (secondary N) is 1. The van der Waals surface area contributed by atoms with Gasteiger partial charge in [-0.2, -0.15) is 5.10 Å². The Balaban J connectivity index is 1.50. The molecule has 1 aromatic heterocycles. The van der Waals surface area contributed by atoms with Crippen LogP contribution in [0.5, 0.6) is 5.75 Å². The lowest BCUT2D eigenvalue weighted by Gasteiger charge is -2.11. The number of para-hydroxylation sites is 1. The van der Waals surface area contributed by atoms with Crippen molar-refractivity contribution >= 4 is 27.7 Å². The van der Waals surface area contributed by atoms with E-state index in [1.807, 2.05) is 53.2 Å². The number of carbonyl (C=O) groups is 1. The van der Waals surface area contributed by atoms with Gasteiger partial charge < -0.3 is 10.1 Å². The topological polar surface area (TPSA) is 56.1 Å². The Morgan fingerprint density at radius 2 is 2.04 bits per heavy atom. The number of methoxy groups -OCH3 is 1. The van der Waals surface area contributed by atoms with Crippen molar-refractivity contribution in [2.45, 2.75) is 32.1 Å². The van der Waals surface area contributed by atoms with Gasteiger partial charge >= 0.3 is 0 Å². The van der Waals surface area contributed by atoms with Crippen LogP contribution in [0.3, 0.4) is 0 Å². The van der Waals surface area contributed by atoms with Crippen molar-refractivity contribution in [3.63, 3.8) is 0 Å². The summed E-state index contributed by atoms with van der Waals surface area (Å²) < 4.78 is 8.02. The van der Waals surface area contributed by atoms with E-state index >= 15 is 0 Å². The van der Waals surface area contributed by atoms with E-state index in [9.17, 15) is 4.79 Å². The highest BCUT2D eigenvalue weighted by atomic mass is 79.9. The highest BCUT2D eigenvalue weighted by Crippen LogP contribution is 2.31. The molecule has 0 spiro atoms. The van der Waals surface area contributed by atoms with Crippen LogP contribution in [-0.2, 0) is 24.1 Å². The van der Waals surface area contributed by atoms with Crippen molar-refractivity contribution in [3.05, 3.63) is 69.8 Å². The molecule has 0 atom stereocenters. The molecule has 0 aliphatic heterocycles. The average Bonchev–Trinajstić information content (AvgIpc) is 3.30. The molecule has 1 heterocycles. The minimum atomic E-state index is -0.00118. The third-order valence-corrected chi connectivity index (χ3v) is 5.64. The SMILES string of the molecule is COc1ccc(CCC(=O)Nc2c3c(nn2-c2ccccc2)CCC3)cc1Br. The maximum Gasteiger partial charge on any atom is 0.225 e. The summed E-state index contributed by atoms with van der Waals surface area (Å²) in [6.45, 7) is 0. The second-order valence-corrected chi connectivity index (χ2v) is 7.75. The van der Waals surface area contributed by atoms with Gasteiger partial charge in [-0.15, -0.1) is 0 Å².